The normalized spacial score (nSPS) is 20.3. The van der Waals surface area contributed by atoms with Gasteiger partial charge in [-0.05, 0) is 31.0 Å². The van der Waals surface area contributed by atoms with Gasteiger partial charge in [-0.1, -0.05) is 15.9 Å². The van der Waals surface area contributed by atoms with Crippen molar-refractivity contribution in [2.75, 3.05) is 13.1 Å². The molecule has 0 spiro atoms. The minimum absolute atomic E-state index is 0. The van der Waals surface area contributed by atoms with Crippen LogP contribution in [0.4, 0.5) is 4.39 Å². The minimum Gasteiger partial charge on any atom is -0.329 e. The van der Waals surface area contributed by atoms with Gasteiger partial charge in [0.25, 0.3) is 0 Å². The molecular formula is C11H15BrClFN2O2S. The summed E-state index contributed by atoms with van der Waals surface area (Å²) in [5.74, 6) is -0.735. The van der Waals surface area contributed by atoms with E-state index in [1.165, 1.54) is 16.4 Å². The Morgan fingerprint density at radius 3 is 2.79 bits per heavy atom. The van der Waals surface area contributed by atoms with Gasteiger partial charge in [-0.15, -0.1) is 12.4 Å². The molecule has 1 aliphatic rings. The zero-order valence-electron chi connectivity index (χ0n) is 10.1. The maximum Gasteiger partial charge on any atom is 0.246 e. The van der Waals surface area contributed by atoms with Gasteiger partial charge in [-0.2, -0.15) is 4.31 Å². The maximum atomic E-state index is 13.7. The summed E-state index contributed by atoms with van der Waals surface area (Å²) in [6, 6.07) is 3.67. The van der Waals surface area contributed by atoms with E-state index in [0.717, 1.165) is 18.9 Å². The summed E-state index contributed by atoms with van der Waals surface area (Å²) in [5.41, 5.74) is 5.56. The molecule has 8 heteroatoms. The molecule has 1 aliphatic heterocycles. The van der Waals surface area contributed by atoms with Crippen LogP contribution < -0.4 is 5.73 Å². The monoisotopic (exact) mass is 372 g/mol. The Labute approximate surface area is 126 Å². The van der Waals surface area contributed by atoms with Crippen molar-refractivity contribution in [1.29, 1.82) is 0 Å². The van der Waals surface area contributed by atoms with E-state index in [0.29, 0.717) is 11.0 Å². The van der Waals surface area contributed by atoms with E-state index in [9.17, 15) is 12.8 Å². The van der Waals surface area contributed by atoms with Crippen LogP contribution in [0.15, 0.2) is 27.6 Å². The van der Waals surface area contributed by atoms with Crippen molar-refractivity contribution in [1.82, 2.24) is 4.31 Å². The molecule has 0 bridgehead atoms. The van der Waals surface area contributed by atoms with Crippen LogP contribution in [0.5, 0.6) is 0 Å². The standard InChI is InChI=1S/C11H14BrFN2O2S.ClH/c12-8-3-4-10(13)11(6-8)18(16,17)15-5-1-2-9(15)7-14;/h3-4,6,9H,1-2,5,7,14H2;1H. The second kappa shape index (κ2) is 6.49. The molecule has 1 aromatic carbocycles. The Balaban J connectivity index is 0.00000180. The zero-order chi connectivity index (χ0) is 13.3. The summed E-state index contributed by atoms with van der Waals surface area (Å²) in [5, 5.41) is 0. The van der Waals surface area contributed by atoms with Crippen LogP contribution in [0, 0.1) is 5.82 Å². The largest absolute Gasteiger partial charge is 0.329 e. The molecule has 0 radical (unpaired) electrons. The van der Waals surface area contributed by atoms with Gasteiger partial charge in [-0.3, -0.25) is 0 Å². The van der Waals surface area contributed by atoms with Gasteiger partial charge in [0.2, 0.25) is 10.0 Å². The molecule has 1 atom stereocenters. The molecule has 4 nitrogen and oxygen atoms in total. The van der Waals surface area contributed by atoms with Crippen molar-refractivity contribution in [2.45, 2.75) is 23.8 Å². The molecular weight excluding hydrogens is 359 g/mol. The average Bonchev–Trinajstić information content (AvgIpc) is 2.81. The van der Waals surface area contributed by atoms with Crippen molar-refractivity contribution >= 4 is 38.4 Å². The van der Waals surface area contributed by atoms with Gasteiger partial charge < -0.3 is 5.73 Å². The first kappa shape index (κ1) is 16.8. The maximum absolute atomic E-state index is 13.7. The van der Waals surface area contributed by atoms with Gasteiger partial charge >= 0.3 is 0 Å². The third-order valence-corrected chi connectivity index (χ3v) is 5.54. The quantitative estimate of drug-likeness (QED) is 0.883. The lowest BCUT2D eigenvalue weighted by atomic mass is 10.2. The Kier molecular flexibility index (Phi) is 5.76. The van der Waals surface area contributed by atoms with Crippen LogP contribution in [-0.2, 0) is 10.0 Å². The molecule has 0 aliphatic carbocycles. The first-order chi connectivity index (χ1) is 8.46. The van der Waals surface area contributed by atoms with Crippen molar-refractivity contribution < 1.29 is 12.8 Å². The highest BCUT2D eigenvalue weighted by molar-refractivity contribution is 9.10. The number of hydrogen-bond acceptors (Lipinski definition) is 3. The minimum atomic E-state index is -3.80. The summed E-state index contributed by atoms with van der Waals surface area (Å²) in [7, 11) is -3.80. The summed E-state index contributed by atoms with van der Waals surface area (Å²) in [6.07, 6.45) is 1.49. The Morgan fingerprint density at radius 2 is 2.16 bits per heavy atom. The van der Waals surface area contributed by atoms with Gasteiger partial charge in [0.05, 0.1) is 0 Å². The van der Waals surface area contributed by atoms with E-state index in [-0.39, 0.29) is 29.9 Å². The highest BCUT2D eigenvalue weighted by Crippen LogP contribution is 2.28. The van der Waals surface area contributed by atoms with E-state index in [4.69, 9.17) is 5.73 Å². The first-order valence-corrected chi connectivity index (χ1v) is 7.87. The Morgan fingerprint density at radius 1 is 1.47 bits per heavy atom. The van der Waals surface area contributed by atoms with E-state index in [2.05, 4.69) is 15.9 Å². The molecule has 1 fully saturated rings. The SMILES string of the molecule is Cl.NCC1CCCN1S(=O)(=O)c1cc(Br)ccc1F. The number of hydrogen-bond donors (Lipinski definition) is 1. The lowest BCUT2D eigenvalue weighted by Gasteiger charge is -2.23. The molecule has 0 aromatic heterocycles. The Hall–Kier alpha value is -0.210. The van der Waals surface area contributed by atoms with Crippen LogP contribution in [0.25, 0.3) is 0 Å². The van der Waals surface area contributed by atoms with Gasteiger partial charge in [0.15, 0.2) is 0 Å². The fraction of sp³-hybridized carbons (Fsp3) is 0.455. The predicted molar refractivity (Wildman–Crippen MR) is 77.3 cm³/mol. The molecule has 1 aromatic rings. The van der Waals surface area contributed by atoms with E-state index >= 15 is 0 Å². The van der Waals surface area contributed by atoms with Crippen molar-refractivity contribution in [2.24, 2.45) is 5.73 Å². The number of benzene rings is 1. The number of nitrogens with zero attached hydrogens (tertiary/aromatic N) is 1. The first-order valence-electron chi connectivity index (χ1n) is 5.64. The van der Waals surface area contributed by atoms with Crippen molar-refractivity contribution in [3.8, 4) is 0 Å². The lowest BCUT2D eigenvalue weighted by Crippen LogP contribution is -2.40. The second-order valence-electron chi connectivity index (χ2n) is 4.22. The molecule has 0 amide bonds. The summed E-state index contributed by atoms with van der Waals surface area (Å²) in [6.45, 7) is 0.658. The number of nitrogens with two attached hydrogens (primary N) is 1. The molecule has 1 saturated heterocycles. The molecule has 0 saturated carbocycles. The predicted octanol–water partition coefficient (Wildman–Crippen LogP) is 2.12. The van der Waals surface area contributed by atoms with Crippen molar-refractivity contribution in [3.63, 3.8) is 0 Å². The number of rotatable bonds is 3. The van der Waals surface area contributed by atoms with Crippen molar-refractivity contribution in [3.05, 3.63) is 28.5 Å². The second-order valence-corrected chi connectivity index (χ2v) is 7.00. The van der Waals surface area contributed by atoms with Crippen LogP contribution in [0.3, 0.4) is 0 Å². The highest BCUT2D eigenvalue weighted by Gasteiger charge is 2.35. The van der Waals surface area contributed by atoms with Gasteiger partial charge in [-0.25, -0.2) is 12.8 Å². The summed E-state index contributed by atoms with van der Waals surface area (Å²) in [4.78, 5) is -0.294. The zero-order valence-corrected chi connectivity index (χ0v) is 13.3. The average molecular weight is 374 g/mol. The molecule has 19 heavy (non-hydrogen) atoms. The van der Waals surface area contributed by atoms with E-state index in [1.54, 1.807) is 0 Å². The molecule has 1 unspecified atom stereocenters. The number of halogens is 3. The van der Waals surface area contributed by atoms with Crippen LogP contribution in [0.2, 0.25) is 0 Å². The van der Waals surface area contributed by atoms with Crippen LogP contribution in [-0.4, -0.2) is 31.9 Å². The van der Waals surface area contributed by atoms with Crippen LogP contribution >= 0.6 is 28.3 Å². The fourth-order valence-corrected chi connectivity index (χ4v) is 4.47. The third-order valence-electron chi connectivity index (χ3n) is 3.08. The number of sulfonamides is 1. The molecule has 2 N–H and O–H groups in total. The topological polar surface area (TPSA) is 63.4 Å². The molecule has 2 rings (SSSR count). The summed E-state index contributed by atoms with van der Waals surface area (Å²) < 4.78 is 40.3. The van der Waals surface area contributed by atoms with Gasteiger partial charge in [0, 0.05) is 23.6 Å². The van der Waals surface area contributed by atoms with E-state index < -0.39 is 15.8 Å². The van der Waals surface area contributed by atoms with E-state index in [1.807, 2.05) is 0 Å². The van der Waals surface area contributed by atoms with Gasteiger partial charge in [0.1, 0.15) is 10.7 Å². The van der Waals surface area contributed by atoms with Crippen LogP contribution in [0.1, 0.15) is 12.8 Å². The molecule has 1 heterocycles. The Bertz CT molecular complexity index is 556. The highest BCUT2D eigenvalue weighted by atomic mass is 79.9. The lowest BCUT2D eigenvalue weighted by molar-refractivity contribution is 0.390. The fourth-order valence-electron chi connectivity index (χ4n) is 2.16. The molecule has 108 valence electrons. The third kappa shape index (κ3) is 3.28. The smallest absolute Gasteiger partial charge is 0.246 e. The summed E-state index contributed by atoms with van der Waals surface area (Å²) >= 11 is 3.16.